The summed E-state index contributed by atoms with van der Waals surface area (Å²) in [4.78, 5) is 8.58. The van der Waals surface area contributed by atoms with Crippen LogP contribution in [-0.2, 0) is 4.74 Å². The van der Waals surface area contributed by atoms with Crippen LogP contribution in [0.1, 0.15) is 43.6 Å². The van der Waals surface area contributed by atoms with Gasteiger partial charge in [0, 0.05) is 17.5 Å². The van der Waals surface area contributed by atoms with Crippen molar-refractivity contribution < 1.29 is 9.13 Å². The minimum Gasteiger partial charge on any atom is -0.380 e. The third kappa shape index (κ3) is 3.26. The van der Waals surface area contributed by atoms with Gasteiger partial charge in [-0.3, -0.25) is 0 Å². The van der Waals surface area contributed by atoms with Crippen LogP contribution in [0.4, 0.5) is 10.3 Å². The lowest BCUT2D eigenvalue weighted by molar-refractivity contribution is 0.00844. The zero-order valence-corrected chi connectivity index (χ0v) is 13.7. The van der Waals surface area contributed by atoms with Crippen molar-refractivity contribution in [1.82, 2.24) is 9.97 Å². The molecule has 0 amide bonds. The number of nitrogens with one attached hydrogen (secondary N) is 1. The van der Waals surface area contributed by atoms with Crippen molar-refractivity contribution in [3.8, 4) is 11.3 Å². The summed E-state index contributed by atoms with van der Waals surface area (Å²) in [6.45, 7) is 1.48. The van der Waals surface area contributed by atoms with Crippen LogP contribution in [0.25, 0.3) is 11.3 Å². The van der Waals surface area contributed by atoms with E-state index in [9.17, 15) is 4.39 Å². The van der Waals surface area contributed by atoms with E-state index < -0.39 is 0 Å². The molecule has 1 aromatic carbocycles. The third-order valence-electron chi connectivity index (χ3n) is 4.95. The molecule has 1 aliphatic heterocycles. The minimum atomic E-state index is -0.383. The fourth-order valence-electron chi connectivity index (χ4n) is 3.44. The van der Waals surface area contributed by atoms with Gasteiger partial charge in [0.1, 0.15) is 5.69 Å². The Bertz CT molecular complexity index is 712. The Labute approximate surface area is 141 Å². The number of nitrogens with zero attached hydrogens (tertiary/aromatic N) is 2. The Kier molecular flexibility index (Phi) is 4.43. The number of benzene rings is 1. The summed E-state index contributed by atoms with van der Waals surface area (Å²) in [7, 11) is 0. The number of rotatable bonds is 4. The number of anilines is 1. The molecule has 5 heteroatoms. The lowest BCUT2D eigenvalue weighted by Gasteiger charge is -2.26. The van der Waals surface area contributed by atoms with Crippen molar-refractivity contribution >= 4 is 5.95 Å². The highest BCUT2D eigenvalue weighted by Gasteiger charge is 2.21. The Balaban J connectivity index is 1.58. The molecule has 2 heterocycles. The monoisotopic (exact) mass is 327 g/mol. The van der Waals surface area contributed by atoms with Crippen molar-refractivity contribution in [3.63, 3.8) is 0 Å². The van der Waals surface area contributed by atoms with Crippen molar-refractivity contribution in [1.29, 1.82) is 0 Å². The largest absolute Gasteiger partial charge is 0.380 e. The van der Waals surface area contributed by atoms with Crippen LogP contribution in [0.2, 0.25) is 0 Å². The van der Waals surface area contributed by atoms with E-state index >= 15 is 0 Å². The van der Waals surface area contributed by atoms with Gasteiger partial charge in [0.25, 0.3) is 0 Å². The maximum atomic E-state index is 14.3. The minimum absolute atomic E-state index is 0.366. The van der Waals surface area contributed by atoms with Gasteiger partial charge in [-0.25, -0.2) is 14.4 Å². The summed E-state index contributed by atoms with van der Waals surface area (Å²) in [5.41, 5.74) is 2.34. The molecule has 4 nitrogen and oxygen atoms in total. The van der Waals surface area contributed by atoms with Gasteiger partial charge in [0.05, 0.1) is 19.4 Å². The van der Waals surface area contributed by atoms with Crippen LogP contribution < -0.4 is 5.32 Å². The molecular weight excluding hydrogens is 305 g/mol. The van der Waals surface area contributed by atoms with Gasteiger partial charge in [-0.15, -0.1) is 0 Å². The quantitative estimate of drug-likeness (QED) is 0.917. The zero-order chi connectivity index (χ0) is 16.4. The molecular formula is C19H22FN3O. The second kappa shape index (κ2) is 6.85. The fourth-order valence-corrected chi connectivity index (χ4v) is 3.44. The standard InChI is InChI=1S/C19H22FN3O/c20-17-10-21-19(22-16-7-2-1-3-8-16)23-18(17)14-6-4-5-13(9-14)15-11-24-12-15/h4-6,9-10,15-16H,1-3,7-8,11-12H2,(H,21,22,23). The van der Waals surface area contributed by atoms with E-state index in [0.717, 1.165) is 31.6 Å². The first-order valence-electron chi connectivity index (χ1n) is 8.77. The smallest absolute Gasteiger partial charge is 0.223 e. The van der Waals surface area contributed by atoms with Gasteiger partial charge in [-0.1, -0.05) is 37.5 Å². The molecule has 24 heavy (non-hydrogen) atoms. The molecule has 2 fully saturated rings. The van der Waals surface area contributed by atoms with Crippen molar-refractivity contribution in [2.24, 2.45) is 0 Å². The summed E-state index contributed by atoms with van der Waals surface area (Å²) in [5, 5.41) is 3.37. The Morgan fingerprint density at radius 1 is 1.12 bits per heavy atom. The molecule has 0 atom stereocenters. The molecule has 1 aromatic heterocycles. The van der Waals surface area contributed by atoms with Gasteiger partial charge in [-0.05, 0) is 24.5 Å². The normalized spacial score (nSPS) is 19.0. The predicted octanol–water partition coefficient (Wildman–Crippen LogP) is 4.14. The Morgan fingerprint density at radius 2 is 1.96 bits per heavy atom. The summed E-state index contributed by atoms with van der Waals surface area (Å²) in [6, 6.07) is 8.34. The third-order valence-corrected chi connectivity index (χ3v) is 4.95. The van der Waals surface area contributed by atoms with Crippen molar-refractivity contribution in [2.75, 3.05) is 18.5 Å². The van der Waals surface area contributed by atoms with Crippen LogP contribution >= 0.6 is 0 Å². The van der Waals surface area contributed by atoms with Gasteiger partial charge < -0.3 is 10.1 Å². The number of aromatic nitrogens is 2. The van der Waals surface area contributed by atoms with Crippen LogP contribution in [-0.4, -0.2) is 29.2 Å². The lowest BCUT2D eigenvalue weighted by atomic mass is 9.95. The molecule has 1 N–H and O–H groups in total. The Hall–Kier alpha value is -2.01. The molecule has 1 saturated heterocycles. The molecule has 4 rings (SSSR count). The first kappa shape index (κ1) is 15.5. The van der Waals surface area contributed by atoms with Gasteiger partial charge >= 0.3 is 0 Å². The average molecular weight is 327 g/mol. The molecule has 0 radical (unpaired) electrons. The highest BCUT2D eigenvalue weighted by molar-refractivity contribution is 5.62. The van der Waals surface area contributed by atoms with Gasteiger partial charge in [-0.2, -0.15) is 0 Å². The summed E-state index contributed by atoms with van der Waals surface area (Å²) < 4.78 is 19.5. The Morgan fingerprint density at radius 3 is 2.71 bits per heavy atom. The second-order valence-electron chi connectivity index (χ2n) is 6.73. The second-order valence-corrected chi connectivity index (χ2v) is 6.73. The van der Waals surface area contributed by atoms with E-state index in [2.05, 4.69) is 21.4 Å². The number of hydrogen-bond acceptors (Lipinski definition) is 4. The zero-order valence-electron chi connectivity index (χ0n) is 13.7. The molecule has 126 valence electrons. The molecule has 0 unspecified atom stereocenters. The predicted molar refractivity (Wildman–Crippen MR) is 91.5 cm³/mol. The highest BCUT2D eigenvalue weighted by Crippen LogP contribution is 2.29. The molecule has 0 bridgehead atoms. The maximum absolute atomic E-state index is 14.3. The number of halogens is 1. The van der Waals surface area contributed by atoms with E-state index in [1.807, 2.05) is 18.2 Å². The van der Waals surface area contributed by atoms with E-state index in [4.69, 9.17) is 4.74 Å². The van der Waals surface area contributed by atoms with E-state index in [1.165, 1.54) is 31.0 Å². The topological polar surface area (TPSA) is 47.0 Å². The number of ether oxygens (including phenoxy) is 1. The summed E-state index contributed by atoms with van der Waals surface area (Å²) >= 11 is 0. The lowest BCUT2D eigenvalue weighted by Crippen LogP contribution is -2.25. The van der Waals surface area contributed by atoms with Crippen LogP contribution in [0.15, 0.2) is 30.5 Å². The van der Waals surface area contributed by atoms with Crippen molar-refractivity contribution in [3.05, 3.63) is 41.8 Å². The van der Waals surface area contributed by atoms with E-state index in [-0.39, 0.29) is 5.82 Å². The SMILES string of the molecule is Fc1cnc(NC2CCCCC2)nc1-c1cccc(C2COC2)c1. The summed E-state index contributed by atoms with van der Waals surface area (Å²) in [5.74, 6) is 0.552. The molecule has 2 aliphatic rings. The maximum Gasteiger partial charge on any atom is 0.223 e. The van der Waals surface area contributed by atoms with Crippen LogP contribution in [0, 0.1) is 5.82 Å². The molecule has 2 aromatic rings. The first-order valence-corrected chi connectivity index (χ1v) is 8.77. The van der Waals surface area contributed by atoms with Crippen LogP contribution in [0.3, 0.4) is 0 Å². The average Bonchev–Trinajstić information content (AvgIpc) is 2.56. The van der Waals surface area contributed by atoms with Crippen LogP contribution in [0.5, 0.6) is 0 Å². The van der Waals surface area contributed by atoms with Gasteiger partial charge in [0.15, 0.2) is 5.82 Å². The molecule has 1 aliphatic carbocycles. The first-order chi connectivity index (χ1) is 11.8. The number of hydrogen-bond donors (Lipinski definition) is 1. The van der Waals surface area contributed by atoms with Gasteiger partial charge in [0.2, 0.25) is 5.95 Å². The van der Waals surface area contributed by atoms with E-state index in [0.29, 0.717) is 23.6 Å². The molecule has 0 spiro atoms. The summed E-state index contributed by atoms with van der Waals surface area (Å²) in [6.07, 6.45) is 7.30. The fraction of sp³-hybridized carbons (Fsp3) is 0.474. The molecule has 1 saturated carbocycles. The highest BCUT2D eigenvalue weighted by atomic mass is 19.1. The van der Waals surface area contributed by atoms with E-state index in [1.54, 1.807) is 0 Å². The van der Waals surface area contributed by atoms with Crippen molar-refractivity contribution in [2.45, 2.75) is 44.1 Å².